The Morgan fingerprint density at radius 1 is 1.19 bits per heavy atom. The summed E-state index contributed by atoms with van der Waals surface area (Å²) >= 11 is 0. The van der Waals surface area contributed by atoms with Crippen molar-refractivity contribution < 1.29 is 0 Å². The van der Waals surface area contributed by atoms with Crippen molar-refractivity contribution in [3.8, 4) is 12.3 Å². The van der Waals surface area contributed by atoms with Gasteiger partial charge in [0.15, 0.2) is 0 Å². The average molecular weight is 282 g/mol. The Morgan fingerprint density at radius 2 is 1.86 bits per heavy atom. The first-order valence-corrected chi connectivity index (χ1v) is 8.34. The van der Waals surface area contributed by atoms with Crippen LogP contribution >= 0.6 is 0 Å². The third-order valence-electron chi connectivity index (χ3n) is 4.05. The highest BCUT2D eigenvalue weighted by molar-refractivity contribution is 5.30. The van der Waals surface area contributed by atoms with Gasteiger partial charge in [-0.3, -0.25) is 0 Å². The lowest BCUT2D eigenvalue weighted by Crippen LogP contribution is -2.02. The van der Waals surface area contributed by atoms with Crippen LogP contribution in [-0.4, -0.2) is 0 Å². The molecule has 0 heteroatoms. The van der Waals surface area contributed by atoms with E-state index in [-0.39, 0.29) is 0 Å². The van der Waals surface area contributed by atoms with Crippen molar-refractivity contribution in [2.45, 2.75) is 71.6 Å². The van der Waals surface area contributed by atoms with Crippen molar-refractivity contribution in [3.05, 3.63) is 47.0 Å². The van der Waals surface area contributed by atoms with E-state index in [0.717, 1.165) is 0 Å². The number of hydrogen-bond acceptors (Lipinski definition) is 0. The lowest BCUT2D eigenvalue weighted by atomic mass is 9.86. The van der Waals surface area contributed by atoms with E-state index in [2.05, 4.69) is 56.5 Å². The van der Waals surface area contributed by atoms with Crippen LogP contribution in [0.4, 0.5) is 0 Å². The van der Waals surface area contributed by atoms with Gasteiger partial charge in [-0.15, -0.1) is 12.3 Å². The van der Waals surface area contributed by atoms with Crippen LogP contribution in [0, 0.1) is 12.3 Å². The van der Waals surface area contributed by atoms with Crippen LogP contribution in [0.1, 0.15) is 76.3 Å². The monoisotopic (exact) mass is 282 g/mol. The van der Waals surface area contributed by atoms with Crippen LogP contribution in [0.15, 0.2) is 35.9 Å². The third kappa shape index (κ3) is 6.67. The van der Waals surface area contributed by atoms with Crippen molar-refractivity contribution >= 4 is 0 Å². The van der Waals surface area contributed by atoms with Crippen molar-refractivity contribution in [3.63, 3.8) is 0 Å². The lowest BCUT2D eigenvalue weighted by molar-refractivity contribution is 0.633. The molecule has 1 aliphatic carbocycles. The van der Waals surface area contributed by atoms with E-state index >= 15 is 0 Å². The van der Waals surface area contributed by atoms with Gasteiger partial charge in [-0.25, -0.2) is 0 Å². The van der Waals surface area contributed by atoms with Crippen molar-refractivity contribution in [2.24, 2.45) is 0 Å². The Balaban J connectivity index is 0.000000677. The molecule has 1 atom stereocenters. The molecule has 1 aromatic carbocycles. The second-order valence-corrected chi connectivity index (χ2v) is 6.00. The fourth-order valence-electron chi connectivity index (χ4n) is 2.88. The van der Waals surface area contributed by atoms with Gasteiger partial charge in [0.2, 0.25) is 0 Å². The Bertz CT molecular complexity index is 456. The summed E-state index contributed by atoms with van der Waals surface area (Å²) in [4.78, 5) is 0. The number of rotatable bonds is 5. The second-order valence-electron chi connectivity index (χ2n) is 6.00. The molecule has 2 rings (SSSR count). The SMILES string of the molecule is C#CC.CCCCCc1ccc(C2C=C(C)CCC2)cc1. The number of hydrogen-bond donors (Lipinski definition) is 0. The van der Waals surface area contributed by atoms with E-state index in [4.69, 9.17) is 0 Å². The van der Waals surface area contributed by atoms with E-state index in [1.165, 1.54) is 56.1 Å². The molecule has 0 saturated heterocycles. The Hall–Kier alpha value is -1.48. The van der Waals surface area contributed by atoms with Crippen LogP contribution < -0.4 is 0 Å². The molecule has 0 heterocycles. The van der Waals surface area contributed by atoms with Gasteiger partial charge in [-0.2, -0.15) is 0 Å². The molecule has 0 nitrogen and oxygen atoms in total. The van der Waals surface area contributed by atoms with Crippen molar-refractivity contribution in [2.75, 3.05) is 0 Å². The number of benzene rings is 1. The first kappa shape index (κ1) is 17.6. The zero-order valence-electron chi connectivity index (χ0n) is 14.0. The van der Waals surface area contributed by atoms with Crippen molar-refractivity contribution in [1.29, 1.82) is 0 Å². The number of terminal acetylenes is 1. The molecule has 0 bridgehead atoms. The highest BCUT2D eigenvalue weighted by Crippen LogP contribution is 2.30. The maximum atomic E-state index is 4.60. The number of unbranched alkanes of at least 4 members (excludes halogenated alkanes) is 2. The standard InChI is InChI=1S/C18H26.C3H4/c1-3-4-5-8-16-10-12-17(13-11-16)18-9-6-7-15(2)14-18;1-3-2/h10-14,18H,3-9H2,1-2H3;1H,2H3. The normalized spacial score (nSPS) is 17.2. The molecular weight excluding hydrogens is 252 g/mol. The van der Waals surface area contributed by atoms with Gasteiger partial charge in [-0.1, -0.05) is 55.7 Å². The summed E-state index contributed by atoms with van der Waals surface area (Å²) in [5.41, 5.74) is 4.58. The first-order chi connectivity index (χ1) is 10.2. The fraction of sp³-hybridized carbons (Fsp3) is 0.524. The Morgan fingerprint density at radius 3 is 2.43 bits per heavy atom. The van der Waals surface area contributed by atoms with E-state index in [1.54, 1.807) is 12.5 Å². The number of aryl methyl sites for hydroxylation is 1. The van der Waals surface area contributed by atoms with Gasteiger partial charge in [0.1, 0.15) is 0 Å². The zero-order chi connectivity index (χ0) is 15.5. The smallest absolute Gasteiger partial charge is 0.00206 e. The molecule has 0 N–H and O–H groups in total. The maximum absolute atomic E-state index is 4.60. The summed E-state index contributed by atoms with van der Waals surface area (Å²) in [6.07, 6.45) is 16.3. The topological polar surface area (TPSA) is 0 Å². The summed E-state index contributed by atoms with van der Waals surface area (Å²) in [6.45, 7) is 6.19. The minimum Gasteiger partial charge on any atom is -0.120 e. The second kappa shape index (κ2) is 10.3. The lowest BCUT2D eigenvalue weighted by Gasteiger charge is -2.20. The molecule has 1 unspecified atom stereocenters. The Kier molecular flexibility index (Phi) is 8.60. The largest absolute Gasteiger partial charge is 0.120 e. The van der Waals surface area contributed by atoms with Crippen LogP contribution in [0.2, 0.25) is 0 Å². The molecule has 1 aliphatic rings. The van der Waals surface area contributed by atoms with Crippen LogP contribution in [-0.2, 0) is 6.42 Å². The maximum Gasteiger partial charge on any atom is 0.00206 e. The minimum absolute atomic E-state index is 0.670. The molecule has 21 heavy (non-hydrogen) atoms. The highest BCUT2D eigenvalue weighted by atomic mass is 14.2. The van der Waals surface area contributed by atoms with E-state index in [9.17, 15) is 0 Å². The molecule has 0 amide bonds. The third-order valence-corrected chi connectivity index (χ3v) is 4.05. The van der Waals surface area contributed by atoms with Gasteiger partial charge in [0.25, 0.3) is 0 Å². The van der Waals surface area contributed by atoms with Gasteiger partial charge in [0.05, 0.1) is 0 Å². The Labute approximate surface area is 131 Å². The summed E-state index contributed by atoms with van der Waals surface area (Å²) in [7, 11) is 0. The molecule has 114 valence electrons. The fourth-order valence-corrected chi connectivity index (χ4v) is 2.88. The number of allylic oxidation sites excluding steroid dienone is 2. The molecule has 0 spiro atoms. The average Bonchev–Trinajstić information content (AvgIpc) is 2.49. The van der Waals surface area contributed by atoms with Gasteiger partial charge in [0, 0.05) is 5.92 Å². The van der Waals surface area contributed by atoms with E-state index < -0.39 is 0 Å². The molecule has 1 aromatic rings. The van der Waals surface area contributed by atoms with Crippen LogP contribution in [0.3, 0.4) is 0 Å². The molecule has 0 fully saturated rings. The minimum atomic E-state index is 0.670. The molecule has 0 aromatic heterocycles. The quantitative estimate of drug-likeness (QED) is 0.339. The predicted molar refractivity (Wildman–Crippen MR) is 94.5 cm³/mol. The summed E-state index contributed by atoms with van der Waals surface area (Å²) in [5, 5.41) is 0. The van der Waals surface area contributed by atoms with E-state index in [1.807, 2.05) is 0 Å². The molecule has 0 aliphatic heterocycles. The first-order valence-electron chi connectivity index (χ1n) is 8.34. The van der Waals surface area contributed by atoms with Gasteiger partial charge in [-0.05, 0) is 57.1 Å². The molecular formula is C21H30. The van der Waals surface area contributed by atoms with Gasteiger partial charge < -0.3 is 0 Å². The highest BCUT2D eigenvalue weighted by Gasteiger charge is 2.13. The molecule has 0 saturated carbocycles. The molecule has 0 radical (unpaired) electrons. The summed E-state index contributed by atoms with van der Waals surface area (Å²) in [6, 6.07) is 9.37. The van der Waals surface area contributed by atoms with E-state index in [0.29, 0.717) is 5.92 Å². The van der Waals surface area contributed by atoms with Gasteiger partial charge >= 0.3 is 0 Å². The van der Waals surface area contributed by atoms with Crippen molar-refractivity contribution in [1.82, 2.24) is 0 Å². The van der Waals surface area contributed by atoms with Crippen LogP contribution in [0.5, 0.6) is 0 Å². The van der Waals surface area contributed by atoms with Crippen LogP contribution in [0.25, 0.3) is 0 Å². The predicted octanol–water partition coefficient (Wildman–Crippen LogP) is 6.27. The summed E-state index contributed by atoms with van der Waals surface area (Å²) < 4.78 is 0. The summed E-state index contributed by atoms with van der Waals surface area (Å²) in [5.74, 6) is 2.92. The zero-order valence-corrected chi connectivity index (χ0v) is 14.0.